The van der Waals surface area contributed by atoms with E-state index in [4.69, 9.17) is 5.73 Å². The second kappa shape index (κ2) is 9.88. The Balaban J connectivity index is 2.22. The van der Waals surface area contributed by atoms with Crippen LogP contribution in [0.15, 0.2) is 4.99 Å². The van der Waals surface area contributed by atoms with Gasteiger partial charge in [0.15, 0.2) is 5.96 Å². The molecule has 0 atom stereocenters. The number of likely N-dealkylation sites (tertiary alicyclic amines) is 1. The molecule has 0 aromatic rings. The van der Waals surface area contributed by atoms with Crippen LogP contribution in [-0.2, 0) is 4.79 Å². The average molecular weight is 301 g/mol. The number of guanidine groups is 1. The van der Waals surface area contributed by atoms with Crippen molar-refractivity contribution in [2.75, 3.05) is 45.2 Å². The van der Waals surface area contributed by atoms with E-state index in [1.807, 2.05) is 11.8 Å². The molecule has 1 saturated heterocycles. The monoisotopic (exact) mass is 301 g/mol. The number of nitrogens with zero attached hydrogens (tertiary/aromatic N) is 2. The van der Waals surface area contributed by atoms with Crippen molar-refractivity contribution < 1.29 is 4.79 Å². The topological polar surface area (TPSA) is 82.8 Å². The Hall–Kier alpha value is -0.950. The molecule has 1 aliphatic heterocycles. The van der Waals surface area contributed by atoms with Crippen LogP contribution in [0.25, 0.3) is 0 Å². The van der Waals surface area contributed by atoms with Gasteiger partial charge in [-0.15, -0.1) is 0 Å². The van der Waals surface area contributed by atoms with Gasteiger partial charge in [-0.1, -0.05) is 0 Å². The molecule has 1 aliphatic rings. The first kappa shape index (κ1) is 17.1. The number of rotatable bonds is 7. The molecule has 0 saturated carbocycles. The van der Waals surface area contributed by atoms with E-state index in [-0.39, 0.29) is 5.91 Å². The van der Waals surface area contributed by atoms with Gasteiger partial charge in [-0.3, -0.25) is 14.7 Å². The zero-order valence-corrected chi connectivity index (χ0v) is 13.3. The lowest BCUT2D eigenvalue weighted by molar-refractivity contribution is -0.119. The van der Waals surface area contributed by atoms with Gasteiger partial charge in [0.05, 0.1) is 6.54 Å². The van der Waals surface area contributed by atoms with Gasteiger partial charge >= 0.3 is 0 Å². The van der Waals surface area contributed by atoms with E-state index in [9.17, 15) is 4.79 Å². The number of carbonyl (C=O) groups is 1. The Kier molecular flexibility index (Phi) is 8.45. The highest BCUT2D eigenvalue weighted by molar-refractivity contribution is 7.98. The summed E-state index contributed by atoms with van der Waals surface area (Å²) in [6.45, 7) is 3.13. The van der Waals surface area contributed by atoms with Crippen molar-refractivity contribution in [1.82, 2.24) is 15.5 Å². The molecule has 1 amide bonds. The zero-order valence-electron chi connectivity index (χ0n) is 12.5. The smallest absolute Gasteiger partial charge is 0.231 e. The number of nitrogens with one attached hydrogen (secondary N) is 2. The summed E-state index contributed by atoms with van der Waals surface area (Å²) >= 11 is 1.86. The second-order valence-corrected chi connectivity index (χ2v) is 5.99. The predicted octanol–water partition coefficient (Wildman–Crippen LogP) is -0.146. The van der Waals surface area contributed by atoms with Gasteiger partial charge in [0.2, 0.25) is 5.91 Å². The van der Waals surface area contributed by atoms with E-state index < -0.39 is 0 Å². The molecule has 116 valence electrons. The van der Waals surface area contributed by atoms with Crippen molar-refractivity contribution in [2.24, 2.45) is 10.7 Å². The van der Waals surface area contributed by atoms with Gasteiger partial charge in [0.1, 0.15) is 0 Å². The van der Waals surface area contributed by atoms with Crippen LogP contribution in [0.5, 0.6) is 0 Å². The Morgan fingerprint density at radius 1 is 1.45 bits per heavy atom. The van der Waals surface area contributed by atoms with Crippen LogP contribution in [0.1, 0.15) is 19.3 Å². The Morgan fingerprint density at radius 2 is 2.15 bits per heavy atom. The van der Waals surface area contributed by atoms with Crippen molar-refractivity contribution in [3.05, 3.63) is 0 Å². The van der Waals surface area contributed by atoms with Crippen molar-refractivity contribution in [2.45, 2.75) is 25.3 Å². The summed E-state index contributed by atoms with van der Waals surface area (Å²) in [7, 11) is 1.80. The lowest BCUT2D eigenvalue weighted by Gasteiger charge is -2.32. The number of carbonyl (C=O) groups excluding carboxylic acids is 1. The number of hydrogen-bond donors (Lipinski definition) is 3. The standard InChI is InChI=1S/C13H27N5OS/c1-15-13(16-6-3-9-20-2)17-11-4-7-18(8-5-11)10-12(14)19/h11H,3-10H2,1-2H3,(H2,14,19)(H2,15,16,17). The predicted molar refractivity (Wildman–Crippen MR) is 86.2 cm³/mol. The fourth-order valence-electron chi connectivity index (χ4n) is 2.27. The van der Waals surface area contributed by atoms with Crippen molar-refractivity contribution >= 4 is 23.6 Å². The fourth-order valence-corrected chi connectivity index (χ4v) is 2.70. The first-order valence-corrected chi connectivity index (χ1v) is 8.52. The second-order valence-electron chi connectivity index (χ2n) is 5.01. The third-order valence-corrected chi connectivity index (χ3v) is 4.05. The molecule has 20 heavy (non-hydrogen) atoms. The molecule has 0 radical (unpaired) electrons. The van der Waals surface area contributed by atoms with Crippen LogP contribution >= 0.6 is 11.8 Å². The number of thioether (sulfide) groups is 1. The van der Waals surface area contributed by atoms with Gasteiger partial charge in [0, 0.05) is 32.7 Å². The van der Waals surface area contributed by atoms with Gasteiger partial charge in [-0.25, -0.2) is 0 Å². The van der Waals surface area contributed by atoms with Gasteiger partial charge in [0.25, 0.3) is 0 Å². The third kappa shape index (κ3) is 7.00. The maximum Gasteiger partial charge on any atom is 0.231 e. The average Bonchev–Trinajstić information content (AvgIpc) is 2.43. The number of nitrogens with two attached hydrogens (primary N) is 1. The molecule has 0 unspecified atom stereocenters. The van der Waals surface area contributed by atoms with Gasteiger partial charge in [-0.2, -0.15) is 11.8 Å². The first-order valence-electron chi connectivity index (χ1n) is 7.12. The fraction of sp³-hybridized carbons (Fsp3) is 0.846. The lowest BCUT2D eigenvalue weighted by atomic mass is 10.1. The van der Waals surface area contributed by atoms with Crippen LogP contribution in [0, 0.1) is 0 Å². The highest BCUT2D eigenvalue weighted by atomic mass is 32.2. The molecular formula is C13H27N5OS. The Morgan fingerprint density at radius 3 is 2.70 bits per heavy atom. The van der Waals surface area contributed by atoms with Gasteiger partial charge in [-0.05, 0) is 31.3 Å². The quantitative estimate of drug-likeness (QED) is 0.346. The number of aliphatic imine (C=N–C) groups is 1. The Bertz CT molecular complexity index is 316. The number of piperidine rings is 1. The molecule has 0 spiro atoms. The molecule has 0 aromatic carbocycles. The summed E-state index contributed by atoms with van der Waals surface area (Å²) in [5.74, 6) is 1.79. The van der Waals surface area contributed by atoms with Crippen molar-refractivity contribution in [3.63, 3.8) is 0 Å². The molecule has 0 aliphatic carbocycles. The normalized spacial score (nSPS) is 18.0. The molecule has 0 aromatic heterocycles. The Labute approximate surface area is 125 Å². The first-order chi connectivity index (χ1) is 9.65. The van der Waals surface area contributed by atoms with E-state index >= 15 is 0 Å². The summed E-state index contributed by atoms with van der Waals surface area (Å²) < 4.78 is 0. The highest BCUT2D eigenvalue weighted by Crippen LogP contribution is 2.09. The van der Waals surface area contributed by atoms with Gasteiger partial charge < -0.3 is 16.4 Å². The van der Waals surface area contributed by atoms with E-state index in [1.54, 1.807) is 7.05 Å². The molecule has 1 rings (SSSR count). The summed E-state index contributed by atoms with van der Waals surface area (Å²) in [5.41, 5.74) is 5.21. The molecule has 4 N–H and O–H groups in total. The SMILES string of the molecule is CN=C(NCCCSC)NC1CCN(CC(N)=O)CC1. The largest absolute Gasteiger partial charge is 0.369 e. The van der Waals surface area contributed by atoms with E-state index in [0.29, 0.717) is 12.6 Å². The minimum Gasteiger partial charge on any atom is -0.369 e. The minimum absolute atomic E-state index is 0.248. The number of hydrogen-bond acceptors (Lipinski definition) is 4. The summed E-state index contributed by atoms with van der Waals surface area (Å²) in [6, 6.07) is 0.422. The lowest BCUT2D eigenvalue weighted by Crippen LogP contribution is -2.49. The van der Waals surface area contributed by atoms with Crippen LogP contribution in [0.2, 0.25) is 0 Å². The van der Waals surface area contributed by atoms with Crippen molar-refractivity contribution in [1.29, 1.82) is 0 Å². The van der Waals surface area contributed by atoms with Crippen LogP contribution in [0.4, 0.5) is 0 Å². The summed E-state index contributed by atoms with van der Waals surface area (Å²) in [4.78, 5) is 17.2. The summed E-state index contributed by atoms with van der Waals surface area (Å²) in [5, 5.41) is 6.78. The molecule has 6 nitrogen and oxygen atoms in total. The zero-order chi connectivity index (χ0) is 14.8. The molecule has 7 heteroatoms. The van der Waals surface area contributed by atoms with E-state index in [0.717, 1.165) is 50.6 Å². The van der Waals surface area contributed by atoms with E-state index in [2.05, 4.69) is 26.8 Å². The molecular weight excluding hydrogens is 274 g/mol. The maximum atomic E-state index is 10.9. The highest BCUT2D eigenvalue weighted by Gasteiger charge is 2.20. The maximum absolute atomic E-state index is 10.9. The van der Waals surface area contributed by atoms with Crippen molar-refractivity contribution in [3.8, 4) is 0 Å². The third-order valence-electron chi connectivity index (χ3n) is 3.35. The van der Waals surface area contributed by atoms with E-state index in [1.165, 1.54) is 0 Å². The molecule has 1 heterocycles. The minimum atomic E-state index is -0.248. The number of primary amides is 1. The number of amides is 1. The van der Waals surface area contributed by atoms with Crippen LogP contribution in [0.3, 0.4) is 0 Å². The molecule has 1 fully saturated rings. The van der Waals surface area contributed by atoms with Crippen LogP contribution in [-0.4, -0.2) is 68.0 Å². The summed E-state index contributed by atoms with van der Waals surface area (Å²) in [6.07, 6.45) is 5.28. The molecule has 0 bridgehead atoms. The van der Waals surface area contributed by atoms with Crippen LogP contribution < -0.4 is 16.4 Å².